The maximum atomic E-state index is 14.5. The standard InChI is InChI=1S/C45H58N8O6/c1-30-16-17-33(26-47-30)27-51-23-24-53(43(51)59)39(45(5,6)7)41(56)48-36(25-31-13-9-8-10-14-31)37(54)29-52(50-40(55)38(44(2,3)4)49-42(57)58)28-32-18-20-34(21-19-32)35-15-11-12-22-46-35/h8-22,26,36-39,49,54H,23-25,27-29H2,1-7H3,(H,48,56)(H,50,55)(H,57,58)/t36-,37-,38+,39+/m0/s1. The van der Waals surface area contributed by atoms with E-state index >= 15 is 0 Å². The van der Waals surface area contributed by atoms with Crippen LogP contribution >= 0.6 is 0 Å². The molecule has 3 heterocycles. The number of hydrogen-bond acceptors (Lipinski definition) is 8. The first-order chi connectivity index (χ1) is 27.9. The van der Waals surface area contributed by atoms with Crippen molar-refractivity contribution in [2.24, 2.45) is 10.8 Å². The van der Waals surface area contributed by atoms with E-state index in [1.54, 1.807) is 43.0 Å². The monoisotopic (exact) mass is 806 g/mol. The second-order valence-corrected chi connectivity index (χ2v) is 17.4. The third kappa shape index (κ3) is 12.3. The van der Waals surface area contributed by atoms with Gasteiger partial charge in [0.05, 0.1) is 17.8 Å². The molecule has 4 aromatic rings. The van der Waals surface area contributed by atoms with Crippen LogP contribution in [0.2, 0.25) is 0 Å². The number of hydrogen-bond donors (Lipinski definition) is 5. The number of carbonyl (C=O) groups excluding carboxylic acids is 3. The van der Waals surface area contributed by atoms with Crippen molar-refractivity contribution in [1.29, 1.82) is 0 Å². The molecule has 0 saturated carbocycles. The number of nitrogens with one attached hydrogen (secondary N) is 3. The molecule has 0 radical (unpaired) electrons. The Kier molecular flexibility index (Phi) is 14.4. The second kappa shape index (κ2) is 19.3. The maximum Gasteiger partial charge on any atom is 0.405 e. The van der Waals surface area contributed by atoms with Gasteiger partial charge in [0.15, 0.2) is 0 Å². The van der Waals surface area contributed by atoms with Crippen LogP contribution < -0.4 is 16.1 Å². The zero-order chi connectivity index (χ0) is 42.9. The molecule has 1 aliphatic rings. The number of hydrazine groups is 1. The Morgan fingerprint density at radius 3 is 2.07 bits per heavy atom. The number of carbonyl (C=O) groups is 4. The van der Waals surface area contributed by atoms with Gasteiger partial charge in [-0.25, -0.2) is 14.6 Å². The molecule has 0 spiro atoms. The lowest BCUT2D eigenvalue weighted by Crippen LogP contribution is -2.61. The van der Waals surface area contributed by atoms with Gasteiger partial charge < -0.3 is 30.6 Å². The van der Waals surface area contributed by atoms with Gasteiger partial charge in [-0.15, -0.1) is 0 Å². The van der Waals surface area contributed by atoms with Gasteiger partial charge in [0.2, 0.25) is 5.91 Å². The average Bonchev–Trinajstić information content (AvgIpc) is 3.52. The van der Waals surface area contributed by atoms with Crippen molar-refractivity contribution in [3.8, 4) is 11.3 Å². The van der Waals surface area contributed by atoms with Crippen LogP contribution in [0, 0.1) is 17.8 Å². The highest BCUT2D eigenvalue weighted by atomic mass is 16.4. The lowest BCUT2D eigenvalue weighted by Gasteiger charge is -2.38. The summed E-state index contributed by atoms with van der Waals surface area (Å²) in [4.78, 5) is 66.1. The Morgan fingerprint density at radius 2 is 1.47 bits per heavy atom. The van der Waals surface area contributed by atoms with Gasteiger partial charge >= 0.3 is 12.1 Å². The molecule has 0 aliphatic carbocycles. The fourth-order valence-electron chi connectivity index (χ4n) is 7.27. The maximum absolute atomic E-state index is 14.5. The van der Waals surface area contributed by atoms with Gasteiger partial charge in [-0.05, 0) is 59.1 Å². The van der Waals surface area contributed by atoms with Gasteiger partial charge in [-0.2, -0.15) is 0 Å². The Bertz CT molecular complexity index is 2020. The number of pyridine rings is 2. The Morgan fingerprint density at radius 1 is 0.797 bits per heavy atom. The lowest BCUT2D eigenvalue weighted by atomic mass is 9.84. The molecule has 14 nitrogen and oxygen atoms in total. The summed E-state index contributed by atoms with van der Waals surface area (Å²) in [5.74, 6) is -1.02. The number of carboxylic acid groups (broad SMARTS) is 1. The quantitative estimate of drug-likeness (QED) is 0.0926. The van der Waals surface area contributed by atoms with Gasteiger partial charge in [0, 0.05) is 56.4 Å². The topological polar surface area (TPSA) is 180 Å². The van der Waals surface area contributed by atoms with Crippen molar-refractivity contribution in [2.75, 3.05) is 19.6 Å². The number of nitrogens with zero attached hydrogens (tertiary/aromatic N) is 5. The van der Waals surface area contributed by atoms with Crippen molar-refractivity contribution < 1.29 is 29.4 Å². The molecule has 59 heavy (non-hydrogen) atoms. The van der Waals surface area contributed by atoms with Gasteiger partial charge in [0.25, 0.3) is 5.91 Å². The highest BCUT2D eigenvalue weighted by Gasteiger charge is 2.44. The fourth-order valence-corrected chi connectivity index (χ4v) is 7.27. The minimum Gasteiger partial charge on any atom is -0.465 e. The fraction of sp³-hybridized carbons (Fsp3) is 0.422. The van der Waals surface area contributed by atoms with E-state index in [0.717, 1.165) is 33.6 Å². The molecule has 5 rings (SSSR count). The number of aliphatic hydroxyl groups is 1. The summed E-state index contributed by atoms with van der Waals surface area (Å²) >= 11 is 0. The van der Waals surface area contributed by atoms with Crippen LogP contribution in [-0.4, -0.2) is 103 Å². The summed E-state index contributed by atoms with van der Waals surface area (Å²) in [7, 11) is 0. The number of aliphatic hydroxyl groups excluding tert-OH is 1. The van der Waals surface area contributed by atoms with Crippen LogP contribution in [-0.2, 0) is 29.1 Å². The van der Waals surface area contributed by atoms with E-state index < -0.39 is 53.0 Å². The lowest BCUT2D eigenvalue weighted by molar-refractivity contribution is -0.133. The molecule has 1 fully saturated rings. The molecule has 5 N–H and O–H groups in total. The van der Waals surface area contributed by atoms with Crippen molar-refractivity contribution in [1.82, 2.24) is 40.8 Å². The van der Waals surface area contributed by atoms with Crippen molar-refractivity contribution in [2.45, 2.75) is 92.2 Å². The molecule has 1 aliphatic heterocycles. The molecule has 4 atom stereocenters. The number of benzene rings is 2. The predicted molar refractivity (Wildman–Crippen MR) is 225 cm³/mol. The summed E-state index contributed by atoms with van der Waals surface area (Å²) in [5.41, 5.74) is 6.53. The Hall–Kier alpha value is -5.86. The molecule has 14 heteroatoms. The predicted octanol–water partition coefficient (Wildman–Crippen LogP) is 5.41. The van der Waals surface area contributed by atoms with Gasteiger partial charge in [-0.3, -0.25) is 25.0 Å². The molecule has 2 aromatic heterocycles. The van der Waals surface area contributed by atoms with Crippen molar-refractivity contribution >= 4 is 23.9 Å². The Balaban J connectivity index is 1.41. The van der Waals surface area contributed by atoms with E-state index in [1.165, 1.54) is 5.01 Å². The first-order valence-corrected chi connectivity index (χ1v) is 19.9. The molecule has 0 bridgehead atoms. The van der Waals surface area contributed by atoms with E-state index in [-0.39, 0.29) is 25.5 Å². The highest BCUT2D eigenvalue weighted by Crippen LogP contribution is 2.29. The first kappa shape index (κ1) is 44.2. The molecule has 0 unspecified atom stereocenters. The van der Waals surface area contributed by atoms with E-state index in [0.29, 0.717) is 19.6 Å². The van der Waals surface area contributed by atoms with E-state index in [2.05, 4.69) is 26.0 Å². The van der Waals surface area contributed by atoms with Crippen LogP contribution in [0.25, 0.3) is 11.3 Å². The normalized spacial score (nSPS) is 15.4. The summed E-state index contributed by atoms with van der Waals surface area (Å²) in [6, 6.07) is 23.5. The number of aryl methyl sites for hydroxylation is 1. The molecule has 5 amide bonds. The highest BCUT2D eigenvalue weighted by molar-refractivity contribution is 5.89. The van der Waals surface area contributed by atoms with Crippen LogP contribution in [0.1, 0.15) is 63.9 Å². The van der Waals surface area contributed by atoms with Crippen LogP contribution in [0.15, 0.2) is 97.3 Å². The zero-order valence-corrected chi connectivity index (χ0v) is 35.1. The minimum absolute atomic E-state index is 0.139. The largest absolute Gasteiger partial charge is 0.465 e. The van der Waals surface area contributed by atoms with E-state index in [9.17, 15) is 29.4 Å². The SMILES string of the molecule is Cc1ccc(CN2CCN([C@H](C(=O)N[C@@H](Cc3ccccc3)[C@@H](O)CN(Cc3ccc(-c4ccccn4)cc3)NC(=O)[C@@H](NC(=O)O)C(C)(C)C)C(C)(C)C)C2=O)cn1. The molecule has 314 valence electrons. The van der Waals surface area contributed by atoms with Crippen LogP contribution in [0.3, 0.4) is 0 Å². The number of rotatable bonds is 16. The summed E-state index contributed by atoms with van der Waals surface area (Å²) in [6.07, 6.45) is 1.13. The molecule has 1 saturated heterocycles. The minimum atomic E-state index is -1.34. The molecule has 2 aromatic carbocycles. The smallest absolute Gasteiger partial charge is 0.405 e. The number of urea groups is 1. The summed E-state index contributed by atoms with van der Waals surface area (Å²) in [6.45, 7) is 14.0. The number of aromatic nitrogens is 2. The van der Waals surface area contributed by atoms with Crippen LogP contribution in [0.4, 0.5) is 9.59 Å². The second-order valence-electron chi connectivity index (χ2n) is 17.4. The molecular weight excluding hydrogens is 749 g/mol. The first-order valence-electron chi connectivity index (χ1n) is 19.9. The average molecular weight is 807 g/mol. The van der Waals surface area contributed by atoms with Crippen LogP contribution in [0.5, 0.6) is 0 Å². The third-order valence-electron chi connectivity index (χ3n) is 10.3. The van der Waals surface area contributed by atoms with E-state index in [4.69, 9.17) is 0 Å². The summed E-state index contributed by atoms with van der Waals surface area (Å²) in [5, 5.41) is 28.7. The summed E-state index contributed by atoms with van der Waals surface area (Å²) < 4.78 is 0. The third-order valence-corrected chi connectivity index (χ3v) is 10.3. The van der Waals surface area contributed by atoms with Gasteiger partial charge in [0.1, 0.15) is 12.1 Å². The zero-order valence-electron chi connectivity index (χ0n) is 35.1. The molecular formula is C45H58N8O6. The number of amides is 5. The van der Waals surface area contributed by atoms with Crippen molar-refractivity contribution in [3.63, 3.8) is 0 Å². The Labute approximate surface area is 347 Å². The van der Waals surface area contributed by atoms with Gasteiger partial charge in [-0.1, -0.05) is 108 Å². The van der Waals surface area contributed by atoms with E-state index in [1.807, 2.05) is 113 Å². The van der Waals surface area contributed by atoms with Crippen molar-refractivity contribution in [3.05, 3.63) is 120 Å².